The van der Waals surface area contributed by atoms with Gasteiger partial charge in [0, 0.05) is 23.8 Å². The Morgan fingerprint density at radius 1 is 1.18 bits per heavy atom. The average Bonchev–Trinajstić information content (AvgIpc) is 3.57. The third-order valence-electron chi connectivity index (χ3n) is 8.00. The van der Waals surface area contributed by atoms with Gasteiger partial charge >= 0.3 is 5.97 Å². The van der Waals surface area contributed by atoms with Gasteiger partial charge in [0.25, 0.3) is 5.56 Å². The van der Waals surface area contributed by atoms with Crippen LogP contribution in [0.25, 0.3) is 10.6 Å². The topological polar surface area (TPSA) is 178 Å². The van der Waals surface area contributed by atoms with Gasteiger partial charge < -0.3 is 40.2 Å². The number of hydrogen-bond donors (Lipinski definition) is 6. The molecule has 6 N–H and O–H groups in total. The van der Waals surface area contributed by atoms with Crippen molar-refractivity contribution < 1.29 is 39.5 Å². The van der Waals surface area contributed by atoms with Crippen LogP contribution in [0.2, 0.25) is 0 Å². The number of hydrogen-bond acceptors (Lipinski definition) is 11. The van der Waals surface area contributed by atoms with Gasteiger partial charge in [-0.15, -0.1) is 0 Å². The maximum atomic E-state index is 12.3. The summed E-state index contributed by atoms with van der Waals surface area (Å²) in [5, 5.41) is 46.4. The second-order valence-corrected chi connectivity index (χ2v) is 13.6. The SMILES string of the molecule is CC[C@H](O)[C@@H](C)/C=C/C[C@@H]1CO[C@@H]([C@H](O)/C(C)=C/C(=O)OCCCCCCCC(=O)Nc2c3sscc-3[nH]c2=O)[C@@H](O)[C@H]1O. The second kappa shape index (κ2) is 17.9. The van der Waals surface area contributed by atoms with E-state index in [1.54, 1.807) is 0 Å². The van der Waals surface area contributed by atoms with Crippen LogP contribution in [0.3, 0.4) is 0 Å². The molecule has 7 atom stereocenters. The van der Waals surface area contributed by atoms with Crippen molar-refractivity contribution in [1.29, 1.82) is 0 Å². The third kappa shape index (κ3) is 10.3. The maximum absolute atomic E-state index is 12.3. The van der Waals surface area contributed by atoms with E-state index in [0.29, 0.717) is 37.8 Å². The molecule has 13 heteroatoms. The van der Waals surface area contributed by atoms with Crippen molar-refractivity contribution in [2.24, 2.45) is 11.8 Å². The Hall–Kier alpha value is -2.39. The molecule has 246 valence electrons. The number of allylic oxidation sites excluding steroid dienone is 1. The van der Waals surface area contributed by atoms with E-state index >= 15 is 0 Å². The van der Waals surface area contributed by atoms with Crippen LogP contribution < -0.4 is 10.9 Å². The lowest BCUT2D eigenvalue weighted by atomic mass is 9.86. The van der Waals surface area contributed by atoms with E-state index in [1.807, 2.05) is 31.4 Å². The summed E-state index contributed by atoms with van der Waals surface area (Å²) in [6.07, 6.45) is 4.90. The highest BCUT2D eigenvalue weighted by atomic mass is 32.9. The number of carbonyl (C=O) groups excluding carboxylic acids is 2. The maximum Gasteiger partial charge on any atom is 0.330 e. The molecule has 1 fully saturated rings. The number of esters is 1. The third-order valence-corrected chi connectivity index (χ3v) is 10.1. The van der Waals surface area contributed by atoms with Crippen molar-refractivity contribution in [3.05, 3.63) is 39.5 Å². The zero-order chi connectivity index (χ0) is 32.2. The lowest BCUT2D eigenvalue weighted by molar-refractivity contribution is -0.187. The minimum atomic E-state index is -1.34. The van der Waals surface area contributed by atoms with Gasteiger partial charge in [-0.05, 0) is 44.1 Å². The number of aliphatic hydroxyl groups excluding tert-OH is 4. The summed E-state index contributed by atoms with van der Waals surface area (Å²) in [5.41, 5.74) is 1.04. The number of aliphatic hydroxyl groups is 4. The minimum absolute atomic E-state index is 0.0247. The molecule has 11 nitrogen and oxygen atoms in total. The number of fused-ring (bicyclic) bond motifs is 1. The number of anilines is 1. The van der Waals surface area contributed by atoms with Gasteiger partial charge in [-0.1, -0.05) is 65.9 Å². The van der Waals surface area contributed by atoms with Gasteiger partial charge in [-0.25, -0.2) is 4.79 Å². The van der Waals surface area contributed by atoms with Crippen LogP contribution in [0, 0.1) is 11.8 Å². The van der Waals surface area contributed by atoms with E-state index in [2.05, 4.69) is 10.3 Å². The Morgan fingerprint density at radius 3 is 2.66 bits per heavy atom. The minimum Gasteiger partial charge on any atom is -0.463 e. The summed E-state index contributed by atoms with van der Waals surface area (Å²) in [6.45, 7) is 5.69. The van der Waals surface area contributed by atoms with Crippen LogP contribution >= 0.6 is 20.7 Å². The molecule has 3 heterocycles. The molecule has 0 aromatic carbocycles. The van der Waals surface area contributed by atoms with Crippen molar-refractivity contribution in [3.63, 3.8) is 0 Å². The molecule has 1 saturated heterocycles. The Bertz CT molecular complexity index is 1270. The molecule has 0 radical (unpaired) electrons. The fraction of sp³-hybridized carbons (Fsp3) is 0.645. The summed E-state index contributed by atoms with van der Waals surface area (Å²) in [5.74, 6) is -1.19. The fourth-order valence-corrected chi connectivity index (χ4v) is 7.27. The number of rotatable bonds is 17. The fourth-order valence-electron chi connectivity index (χ4n) is 5.11. The Labute approximate surface area is 265 Å². The molecular weight excluding hydrogens is 608 g/mol. The Kier molecular flexibility index (Phi) is 14.7. The summed E-state index contributed by atoms with van der Waals surface area (Å²) in [4.78, 5) is 40.0. The Balaban J connectivity index is 1.29. The smallest absolute Gasteiger partial charge is 0.330 e. The van der Waals surface area contributed by atoms with E-state index in [0.717, 1.165) is 29.8 Å². The van der Waals surface area contributed by atoms with Gasteiger partial charge in [-0.3, -0.25) is 9.59 Å². The van der Waals surface area contributed by atoms with E-state index < -0.39 is 36.5 Å². The standard InChI is InChI=1S/C31H46N2O9S2/c1-4-22(34)18(2)11-10-12-20-16-42-29(28(39)27(20)38)26(37)19(3)15-24(36)41-14-9-7-5-6-8-13-23(35)33-25-30-21(17-43-44-30)32-31(25)40/h10-11,15,17-18,20,22,26-29,34,37-39H,4-9,12-14,16H2,1-3H3,(H,32,40)(H,33,35)/b11-10+,19-15+/t18-,20+,22-,26+,27-,28-,29-/m0/s1. The molecular formula is C31H46N2O9S2. The predicted octanol–water partition coefficient (Wildman–Crippen LogP) is 3.82. The first-order chi connectivity index (χ1) is 21.0. The normalized spacial score (nSPS) is 23.1. The van der Waals surface area contributed by atoms with Gasteiger partial charge in [0.15, 0.2) is 0 Å². The summed E-state index contributed by atoms with van der Waals surface area (Å²) in [7, 11) is 2.95. The number of carbonyl (C=O) groups is 2. The summed E-state index contributed by atoms with van der Waals surface area (Å²) in [6, 6.07) is 0. The van der Waals surface area contributed by atoms with E-state index in [9.17, 15) is 34.8 Å². The van der Waals surface area contributed by atoms with Crippen LogP contribution in [0.1, 0.15) is 72.1 Å². The van der Waals surface area contributed by atoms with Crippen LogP contribution in [-0.4, -0.2) is 81.0 Å². The largest absolute Gasteiger partial charge is 0.463 e. The number of aromatic amines is 1. The van der Waals surface area contributed by atoms with Crippen molar-refractivity contribution in [2.45, 2.75) is 103 Å². The summed E-state index contributed by atoms with van der Waals surface area (Å²) < 4.78 is 10.9. The highest BCUT2D eigenvalue weighted by Crippen LogP contribution is 2.35. The highest BCUT2D eigenvalue weighted by Gasteiger charge is 2.41. The van der Waals surface area contributed by atoms with Crippen LogP contribution in [0.15, 0.2) is 34.0 Å². The number of ether oxygens (including phenoxy) is 2. The van der Waals surface area contributed by atoms with Crippen LogP contribution in [0.5, 0.6) is 0 Å². The van der Waals surface area contributed by atoms with Crippen molar-refractivity contribution in [2.75, 3.05) is 18.5 Å². The quantitative estimate of drug-likeness (QED) is 0.0486. The average molecular weight is 655 g/mol. The highest BCUT2D eigenvalue weighted by molar-refractivity contribution is 7.70. The molecule has 0 saturated carbocycles. The monoisotopic (exact) mass is 654 g/mol. The van der Waals surface area contributed by atoms with Crippen LogP contribution in [-0.2, 0) is 19.1 Å². The number of H-pyrrole nitrogens is 1. The van der Waals surface area contributed by atoms with Gasteiger partial charge in [0.1, 0.15) is 24.0 Å². The van der Waals surface area contributed by atoms with E-state index in [4.69, 9.17) is 9.47 Å². The molecule has 3 aliphatic rings. The zero-order valence-corrected chi connectivity index (χ0v) is 27.2. The number of amides is 1. The lowest BCUT2D eigenvalue weighted by Gasteiger charge is -2.39. The van der Waals surface area contributed by atoms with Gasteiger partial charge in [0.2, 0.25) is 5.91 Å². The molecule has 1 amide bonds. The number of aromatic nitrogens is 1. The first-order valence-corrected chi connectivity index (χ1v) is 17.5. The molecule has 0 spiro atoms. The molecule has 0 bridgehead atoms. The predicted molar refractivity (Wildman–Crippen MR) is 171 cm³/mol. The zero-order valence-electron chi connectivity index (χ0n) is 25.6. The molecule has 44 heavy (non-hydrogen) atoms. The number of unbranched alkanes of at least 4 members (excludes halogenated alkanes) is 4. The van der Waals surface area contributed by atoms with Gasteiger partial charge in [0.05, 0.1) is 36.0 Å². The first kappa shape index (κ1) is 36.1. The molecule has 0 aromatic heterocycles. The summed E-state index contributed by atoms with van der Waals surface area (Å²) >= 11 is 0. The van der Waals surface area contributed by atoms with Crippen molar-refractivity contribution in [1.82, 2.24) is 4.98 Å². The number of nitrogens with one attached hydrogen (secondary N) is 2. The second-order valence-electron chi connectivity index (χ2n) is 11.5. The van der Waals surface area contributed by atoms with E-state index in [-0.39, 0.29) is 42.1 Å². The van der Waals surface area contributed by atoms with Crippen molar-refractivity contribution >= 4 is 38.2 Å². The molecule has 0 unspecified atom stereocenters. The molecule has 3 rings (SSSR count). The first-order valence-electron chi connectivity index (χ1n) is 15.3. The molecule has 3 aliphatic heterocycles. The molecule has 0 aliphatic carbocycles. The molecule has 0 aromatic rings. The lowest BCUT2D eigenvalue weighted by Crippen LogP contribution is -2.54. The van der Waals surface area contributed by atoms with Gasteiger partial charge in [-0.2, -0.15) is 0 Å². The van der Waals surface area contributed by atoms with E-state index in [1.165, 1.54) is 33.7 Å². The van der Waals surface area contributed by atoms with Crippen molar-refractivity contribution in [3.8, 4) is 10.6 Å². The van der Waals surface area contributed by atoms with Crippen LogP contribution in [0.4, 0.5) is 5.69 Å². The Morgan fingerprint density at radius 2 is 1.91 bits per heavy atom.